The number of thioether (sulfide) groups is 1. The number of aryl methyl sites for hydroxylation is 1. The molecule has 0 saturated heterocycles. The first-order chi connectivity index (χ1) is 11.5. The predicted octanol–water partition coefficient (Wildman–Crippen LogP) is 3.24. The number of aromatic nitrogens is 3. The minimum atomic E-state index is -0.293. The number of nitrogens with zero attached hydrogens (tertiary/aromatic N) is 3. The van der Waals surface area contributed by atoms with Crippen molar-refractivity contribution in [1.29, 1.82) is 0 Å². The third kappa shape index (κ3) is 3.67. The molecule has 3 rings (SSSR count). The first-order valence-corrected chi connectivity index (χ1v) is 8.83. The summed E-state index contributed by atoms with van der Waals surface area (Å²) in [7, 11) is 0. The van der Waals surface area contributed by atoms with Gasteiger partial charge in [0.25, 0.3) is 0 Å². The van der Waals surface area contributed by atoms with E-state index < -0.39 is 0 Å². The maximum absolute atomic E-state index is 12.4. The van der Waals surface area contributed by atoms with Crippen LogP contribution in [0.5, 0.6) is 0 Å². The Morgan fingerprint density at radius 2 is 1.92 bits per heavy atom. The lowest BCUT2D eigenvalue weighted by Crippen LogP contribution is -2.23. The Balaban J connectivity index is 1.63. The molecule has 0 bridgehead atoms. The highest BCUT2D eigenvalue weighted by Crippen LogP contribution is 2.39. The van der Waals surface area contributed by atoms with Gasteiger partial charge in [0.1, 0.15) is 5.82 Å². The van der Waals surface area contributed by atoms with Crippen LogP contribution in [0.4, 0.5) is 5.69 Å². The largest absolute Gasteiger partial charge is 0.325 e. The smallest absolute Gasteiger partial charge is 0.237 e. The van der Waals surface area contributed by atoms with Gasteiger partial charge in [-0.15, -0.1) is 10.2 Å². The van der Waals surface area contributed by atoms with Crippen molar-refractivity contribution < 1.29 is 9.59 Å². The summed E-state index contributed by atoms with van der Waals surface area (Å²) in [5, 5.41) is 11.7. The molecule has 1 amide bonds. The van der Waals surface area contributed by atoms with Crippen LogP contribution in [0.15, 0.2) is 29.4 Å². The van der Waals surface area contributed by atoms with Crippen LogP contribution in [-0.4, -0.2) is 31.7 Å². The molecule has 24 heavy (non-hydrogen) atoms. The quantitative estimate of drug-likeness (QED) is 0.643. The molecule has 6 nitrogen and oxygen atoms in total. The Morgan fingerprint density at radius 3 is 2.50 bits per heavy atom. The highest BCUT2D eigenvalue weighted by atomic mass is 32.2. The lowest BCUT2D eigenvalue weighted by Gasteiger charge is -2.13. The van der Waals surface area contributed by atoms with Crippen molar-refractivity contribution in [1.82, 2.24) is 14.8 Å². The molecule has 1 aliphatic rings. The fraction of sp³-hybridized carbons (Fsp3) is 0.412. The summed E-state index contributed by atoms with van der Waals surface area (Å²) in [4.78, 5) is 23.7. The number of ketones is 1. The first kappa shape index (κ1) is 16.7. The van der Waals surface area contributed by atoms with Gasteiger partial charge in [0.2, 0.25) is 5.91 Å². The summed E-state index contributed by atoms with van der Waals surface area (Å²) in [6, 6.07) is 7.38. The fourth-order valence-corrected chi connectivity index (χ4v) is 3.39. The number of Topliss-reactive ketones (excluding diaryl/α,β-unsaturated/α-hetero) is 1. The van der Waals surface area contributed by atoms with Crippen LogP contribution in [-0.2, 0) is 4.79 Å². The zero-order chi connectivity index (χ0) is 17.3. The van der Waals surface area contributed by atoms with Gasteiger partial charge in [0.15, 0.2) is 10.9 Å². The molecular formula is C17H20N4O2S. The topological polar surface area (TPSA) is 76.9 Å². The van der Waals surface area contributed by atoms with Gasteiger partial charge in [0.05, 0.1) is 5.25 Å². The highest BCUT2D eigenvalue weighted by Gasteiger charge is 2.29. The van der Waals surface area contributed by atoms with Crippen molar-refractivity contribution in [3.8, 4) is 0 Å². The first-order valence-electron chi connectivity index (χ1n) is 7.95. The van der Waals surface area contributed by atoms with Gasteiger partial charge in [-0.2, -0.15) is 0 Å². The predicted molar refractivity (Wildman–Crippen MR) is 93.4 cm³/mol. The van der Waals surface area contributed by atoms with Crippen molar-refractivity contribution in [2.24, 2.45) is 0 Å². The minimum absolute atomic E-state index is 0.00609. The lowest BCUT2D eigenvalue weighted by molar-refractivity contribution is -0.115. The molecule has 1 aliphatic carbocycles. The van der Waals surface area contributed by atoms with Gasteiger partial charge in [-0.3, -0.25) is 9.59 Å². The summed E-state index contributed by atoms with van der Waals surface area (Å²) < 4.78 is 2.12. The van der Waals surface area contributed by atoms with E-state index in [0.29, 0.717) is 17.3 Å². The van der Waals surface area contributed by atoms with Crippen LogP contribution in [0.25, 0.3) is 0 Å². The number of anilines is 1. The Hall–Kier alpha value is -2.15. The van der Waals surface area contributed by atoms with E-state index in [-0.39, 0.29) is 16.9 Å². The fourth-order valence-electron chi connectivity index (χ4n) is 2.43. The number of carbonyl (C=O) groups is 2. The van der Waals surface area contributed by atoms with Crippen LogP contribution in [0, 0.1) is 6.92 Å². The zero-order valence-corrected chi connectivity index (χ0v) is 14.8. The second-order valence-electron chi connectivity index (χ2n) is 6.01. The van der Waals surface area contributed by atoms with Crippen LogP contribution >= 0.6 is 11.8 Å². The number of nitrogens with one attached hydrogen (secondary N) is 1. The molecule has 126 valence electrons. The van der Waals surface area contributed by atoms with E-state index in [4.69, 9.17) is 0 Å². The van der Waals surface area contributed by atoms with Crippen LogP contribution in [0.1, 0.15) is 48.9 Å². The van der Waals surface area contributed by atoms with Gasteiger partial charge < -0.3 is 9.88 Å². The number of carbonyl (C=O) groups excluding carboxylic acids is 2. The molecule has 1 aromatic heterocycles. The standard InChI is InChI=1S/C17H20N4O2S/c1-10(22)13-4-6-14(7-5-13)18-16(23)11(2)24-17-20-19-12(3)21(17)15-8-9-15/h4-7,11,15H,8-9H2,1-3H3,(H,18,23)/t11-/m0/s1. The van der Waals surface area contributed by atoms with E-state index in [1.807, 2.05) is 13.8 Å². The van der Waals surface area contributed by atoms with Crippen molar-refractivity contribution in [3.05, 3.63) is 35.7 Å². The Morgan fingerprint density at radius 1 is 1.25 bits per heavy atom. The molecule has 2 aromatic rings. The summed E-state index contributed by atoms with van der Waals surface area (Å²) in [5.41, 5.74) is 1.31. The molecule has 1 fully saturated rings. The molecule has 0 unspecified atom stereocenters. The molecule has 1 N–H and O–H groups in total. The highest BCUT2D eigenvalue weighted by molar-refractivity contribution is 8.00. The molecule has 1 saturated carbocycles. The van der Waals surface area contributed by atoms with Crippen molar-refractivity contribution in [2.75, 3.05) is 5.32 Å². The third-order valence-electron chi connectivity index (χ3n) is 3.96. The summed E-state index contributed by atoms with van der Waals surface area (Å²) in [5.74, 6) is 0.803. The van der Waals surface area contributed by atoms with E-state index in [9.17, 15) is 9.59 Å². The molecule has 1 atom stereocenters. The van der Waals surface area contributed by atoms with E-state index in [2.05, 4.69) is 20.1 Å². The molecular weight excluding hydrogens is 324 g/mol. The molecule has 1 heterocycles. The molecule has 0 aliphatic heterocycles. The van der Waals surface area contributed by atoms with Crippen LogP contribution < -0.4 is 5.32 Å². The molecule has 7 heteroatoms. The number of hydrogen-bond acceptors (Lipinski definition) is 5. The Labute approximate surface area is 145 Å². The average Bonchev–Trinajstić information content (AvgIpc) is 3.32. The number of amides is 1. The number of rotatable bonds is 6. The Bertz CT molecular complexity index is 765. The average molecular weight is 344 g/mol. The third-order valence-corrected chi connectivity index (χ3v) is 5.01. The van der Waals surface area contributed by atoms with Gasteiger partial charge in [-0.05, 0) is 57.9 Å². The minimum Gasteiger partial charge on any atom is -0.325 e. The summed E-state index contributed by atoms with van der Waals surface area (Å²) >= 11 is 1.42. The van der Waals surface area contributed by atoms with E-state index in [1.54, 1.807) is 24.3 Å². The monoisotopic (exact) mass is 344 g/mol. The van der Waals surface area contributed by atoms with Crippen molar-refractivity contribution in [2.45, 2.75) is 50.1 Å². The van der Waals surface area contributed by atoms with Gasteiger partial charge in [0, 0.05) is 17.3 Å². The van der Waals surface area contributed by atoms with E-state index in [1.165, 1.54) is 18.7 Å². The zero-order valence-electron chi connectivity index (χ0n) is 13.9. The SMILES string of the molecule is CC(=O)c1ccc(NC(=O)[C@H](C)Sc2nnc(C)n2C2CC2)cc1. The van der Waals surface area contributed by atoms with Gasteiger partial charge in [-0.25, -0.2) is 0 Å². The molecule has 1 aromatic carbocycles. The van der Waals surface area contributed by atoms with Crippen LogP contribution in [0.2, 0.25) is 0 Å². The van der Waals surface area contributed by atoms with E-state index >= 15 is 0 Å². The summed E-state index contributed by atoms with van der Waals surface area (Å²) in [6.07, 6.45) is 2.30. The van der Waals surface area contributed by atoms with Crippen molar-refractivity contribution in [3.63, 3.8) is 0 Å². The molecule has 0 spiro atoms. The normalized spacial score (nSPS) is 15.1. The van der Waals surface area contributed by atoms with E-state index in [0.717, 1.165) is 23.8 Å². The molecule has 0 radical (unpaired) electrons. The summed E-state index contributed by atoms with van der Waals surface area (Å²) in [6.45, 7) is 5.31. The van der Waals surface area contributed by atoms with Gasteiger partial charge >= 0.3 is 0 Å². The lowest BCUT2D eigenvalue weighted by atomic mass is 10.1. The van der Waals surface area contributed by atoms with Crippen LogP contribution in [0.3, 0.4) is 0 Å². The maximum Gasteiger partial charge on any atom is 0.237 e. The number of benzene rings is 1. The second kappa shape index (κ2) is 6.76. The van der Waals surface area contributed by atoms with Crippen molar-refractivity contribution >= 4 is 29.1 Å². The van der Waals surface area contributed by atoms with Gasteiger partial charge in [-0.1, -0.05) is 11.8 Å². The second-order valence-corrected chi connectivity index (χ2v) is 7.32. The number of hydrogen-bond donors (Lipinski definition) is 1. The Kier molecular flexibility index (Phi) is 4.71. The maximum atomic E-state index is 12.4.